The van der Waals surface area contributed by atoms with Gasteiger partial charge in [0.1, 0.15) is 5.82 Å². The van der Waals surface area contributed by atoms with Crippen LogP contribution in [0.2, 0.25) is 5.02 Å². The summed E-state index contributed by atoms with van der Waals surface area (Å²) in [5.41, 5.74) is -1.65. The summed E-state index contributed by atoms with van der Waals surface area (Å²) in [6.07, 6.45) is 2.92. The molecule has 178 valence electrons. The largest absolute Gasteiger partial charge is 0.339 e. The molecule has 34 heavy (non-hydrogen) atoms. The Hall–Kier alpha value is -2.55. The van der Waals surface area contributed by atoms with E-state index in [2.05, 4.69) is 10.2 Å². The highest BCUT2D eigenvalue weighted by Crippen LogP contribution is 2.57. The van der Waals surface area contributed by atoms with Gasteiger partial charge in [-0.15, -0.1) is 10.2 Å². The zero-order chi connectivity index (χ0) is 23.5. The maximum Gasteiger partial charge on any atom is 0.260 e. The molecule has 4 fully saturated rings. The average molecular weight is 488 g/mol. The molecule has 1 saturated heterocycles. The number of carbonyl (C=O) groups is 2. The normalized spacial score (nSPS) is 25.0. The molecule has 0 unspecified atom stereocenters. The van der Waals surface area contributed by atoms with Crippen molar-refractivity contribution in [3.63, 3.8) is 0 Å². The highest BCUT2D eigenvalue weighted by atomic mass is 35.5. The molecule has 3 saturated carbocycles. The number of benzene rings is 1. The monoisotopic (exact) mass is 487 g/mol. The molecule has 7 nitrogen and oxygen atoms in total. The standard InChI is InChI=1S/C24H24ClF2N5O2/c25-16-1-2-17-14(7-16)10-30(20(33)23(26)3-4-23)11-18-28-29-19(32(17)18)15-8-22(9-15)12-31(13-22)21(34)24(27)5-6-24/h1-2,7,15H,3-6,8-13H2. The minimum atomic E-state index is -1.76. The third-order valence-corrected chi connectivity index (χ3v) is 8.46. The summed E-state index contributed by atoms with van der Waals surface area (Å²) in [4.78, 5) is 28.3. The molecule has 3 heterocycles. The van der Waals surface area contributed by atoms with Crippen LogP contribution >= 0.6 is 11.6 Å². The van der Waals surface area contributed by atoms with Gasteiger partial charge in [0.25, 0.3) is 11.8 Å². The van der Waals surface area contributed by atoms with Crippen LogP contribution in [0.3, 0.4) is 0 Å². The van der Waals surface area contributed by atoms with Crippen molar-refractivity contribution in [3.05, 3.63) is 40.4 Å². The lowest BCUT2D eigenvalue weighted by molar-refractivity contribution is -0.158. The molecule has 1 aromatic heterocycles. The fourth-order valence-electron chi connectivity index (χ4n) is 5.98. The maximum absolute atomic E-state index is 14.6. The van der Waals surface area contributed by atoms with Gasteiger partial charge in [-0.1, -0.05) is 11.6 Å². The van der Waals surface area contributed by atoms with Gasteiger partial charge in [0.05, 0.1) is 12.2 Å². The third kappa shape index (κ3) is 2.98. The second kappa shape index (κ2) is 6.56. The first-order valence-corrected chi connectivity index (χ1v) is 12.3. The predicted molar refractivity (Wildman–Crippen MR) is 118 cm³/mol. The van der Waals surface area contributed by atoms with E-state index in [-0.39, 0.29) is 43.2 Å². The quantitative estimate of drug-likeness (QED) is 0.664. The zero-order valence-electron chi connectivity index (χ0n) is 18.6. The van der Waals surface area contributed by atoms with E-state index in [0.717, 1.165) is 29.9 Å². The molecule has 5 aliphatic rings. The molecule has 0 radical (unpaired) electrons. The lowest BCUT2D eigenvalue weighted by Gasteiger charge is -2.59. The molecular weight excluding hydrogens is 464 g/mol. The molecule has 0 bridgehead atoms. The minimum Gasteiger partial charge on any atom is -0.339 e. The Morgan fingerprint density at radius 2 is 1.59 bits per heavy atom. The van der Waals surface area contributed by atoms with Crippen molar-refractivity contribution in [2.75, 3.05) is 13.1 Å². The number of amides is 2. The van der Waals surface area contributed by atoms with Gasteiger partial charge in [0.2, 0.25) is 0 Å². The molecule has 0 atom stereocenters. The number of likely N-dealkylation sites (tertiary alicyclic amines) is 1. The zero-order valence-corrected chi connectivity index (χ0v) is 19.3. The number of alkyl halides is 2. The molecule has 2 aromatic rings. The summed E-state index contributed by atoms with van der Waals surface area (Å²) in [6, 6.07) is 5.51. The van der Waals surface area contributed by atoms with Crippen molar-refractivity contribution < 1.29 is 18.4 Å². The van der Waals surface area contributed by atoms with E-state index < -0.39 is 17.2 Å². The van der Waals surface area contributed by atoms with Gasteiger partial charge in [-0.3, -0.25) is 14.2 Å². The molecule has 2 amide bonds. The van der Waals surface area contributed by atoms with E-state index in [4.69, 9.17) is 11.6 Å². The molecule has 1 spiro atoms. The maximum atomic E-state index is 14.6. The summed E-state index contributed by atoms with van der Waals surface area (Å²) < 4.78 is 30.7. The van der Waals surface area contributed by atoms with E-state index in [1.165, 1.54) is 4.90 Å². The first kappa shape index (κ1) is 20.8. The van der Waals surface area contributed by atoms with Gasteiger partial charge < -0.3 is 9.80 Å². The second-order valence-corrected chi connectivity index (χ2v) is 11.4. The summed E-state index contributed by atoms with van der Waals surface area (Å²) >= 11 is 6.26. The van der Waals surface area contributed by atoms with Crippen LogP contribution in [-0.2, 0) is 22.7 Å². The molecule has 0 N–H and O–H groups in total. The van der Waals surface area contributed by atoms with Crippen molar-refractivity contribution >= 4 is 23.4 Å². The SMILES string of the molecule is O=C(N1Cc2cc(Cl)ccc2-n2c(nnc2C2CC3(C2)CN(C(=O)C2(F)CC2)C3)C1)C1(F)CC1. The van der Waals surface area contributed by atoms with Gasteiger partial charge in [-0.05, 0) is 62.3 Å². The van der Waals surface area contributed by atoms with Crippen LogP contribution in [0.5, 0.6) is 0 Å². The molecular formula is C24H24ClF2N5O2. The number of hydrogen-bond acceptors (Lipinski definition) is 4. The van der Waals surface area contributed by atoms with Gasteiger partial charge >= 0.3 is 0 Å². The number of aromatic nitrogens is 3. The van der Waals surface area contributed by atoms with Crippen molar-refractivity contribution in [1.29, 1.82) is 0 Å². The number of nitrogens with zero attached hydrogens (tertiary/aromatic N) is 5. The molecule has 3 aliphatic carbocycles. The first-order chi connectivity index (χ1) is 16.2. The summed E-state index contributed by atoms with van der Waals surface area (Å²) in [5.74, 6) is 0.719. The molecule has 1 aromatic carbocycles. The van der Waals surface area contributed by atoms with Crippen molar-refractivity contribution in [2.24, 2.45) is 5.41 Å². The van der Waals surface area contributed by atoms with Crippen LogP contribution < -0.4 is 0 Å². The smallest absolute Gasteiger partial charge is 0.260 e. The Labute approximate surface area is 200 Å². The summed E-state index contributed by atoms with van der Waals surface area (Å²) in [7, 11) is 0. The van der Waals surface area contributed by atoms with Gasteiger partial charge in [0, 0.05) is 36.0 Å². The van der Waals surface area contributed by atoms with E-state index in [1.807, 2.05) is 16.7 Å². The Bertz CT molecular complexity index is 1240. The van der Waals surface area contributed by atoms with Gasteiger partial charge in [-0.25, -0.2) is 8.78 Å². The Morgan fingerprint density at radius 3 is 2.24 bits per heavy atom. The predicted octanol–water partition coefficient (Wildman–Crippen LogP) is 3.47. The summed E-state index contributed by atoms with van der Waals surface area (Å²) in [6.45, 7) is 1.65. The lowest BCUT2D eigenvalue weighted by Crippen LogP contribution is -2.64. The number of halogens is 3. The fourth-order valence-corrected chi connectivity index (χ4v) is 6.18. The molecule has 2 aliphatic heterocycles. The van der Waals surface area contributed by atoms with Crippen LogP contribution in [-0.4, -0.2) is 60.8 Å². The van der Waals surface area contributed by atoms with E-state index >= 15 is 0 Å². The van der Waals surface area contributed by atoms with E-state index in [1.54, 1.807) is 11.0 Å². The van der Waals surface area contributed by atoms with E-state index in [9.17, 15) is 18.4 Å². The Kier molecular flexibility index (Phi) is 4.01. The number of fused-ring (bicyclic) bond motifs is 3. The lowest BCUT2D eigenvalue weighted by atomic mass is 9.57. The minimum absolute atomic E-state index is 0.0279. The van der Waals surface area contributed by atoms with Crippen LogP contribution in [0.4, 0.5) is 8.78 Å². The molecule has 7 rings (SSSR count). The third-order valence-electron chi connectivity index (χ3n) is 8.23. The van der Waals surface area contributed by atoms with Crippen LogP contribution in [0.1, 0.15) is 61.7 Å². The topological polar surface area (TPSA) is 71.3 Å². The number of rotatable bonds is 3. The highest BCUT2D eigenvalue weighted by Gasteiger charge is 2.61. The highest BCUT2D eigenvalue weighted by molar-refractivity contribution is 6.30. The number of hydrogen-bond donors (Lipinski definition) is 0. The van der Waals surface area contributed by atoms with E-state index in [0.29, 0.717) is 36.8 Å². The summed E-state index contributed by atoms with van der Waals surface area (Å²) in [5, 5.41) is 9.44. The van der Waals surface area contributed by atoms with Crippen molar-refractivity contribution in [3.8, 4) is 5.69 Å². The second-order valence-electron chi connectivity index (χ2n) is 10.9. The van der Waals surface area contributed by atoms with Crippen molar-refractivity contribution in [2.45, 2.75) is 68.9 Å². The fraction of sp³-hybridized carbons (Fsp3) is 0.583. The Morgan fingerprint density at radius 1 is 0.941 bits per heavy atom. The number of carbonyl (C=O) groups excluding carboxylic acids is 2. The average Bonchev–Trinajstić information content (AvgIpc) is 3.65. The Balaban J connectivity index is 1.15. The van der Waals surface area contributed by atoms with Gasteiger partial charge in [-0.2, -0.15) is 0 Å². The van der Waals surface area contributed by atoms with Crippen LogP contribution in [0.25, 0.3) is 5.69 Å². The first-order valence-electron chi connectivity index (χ1n) is 11.9. The van der Waals surface area contributed by atoms with Gasteiger partial charge in [0.15, 0.2) is 17.2 Å². The van der Waals surface area contributed by atoms with Crippen LogP contribution in [0.15, 0.2) is 18.2 Å². The van der Waals surface area contributed by atoms with Crippen molar-refractivity contribution in [1.82, 2.24) is 24.6 Å². The molecule has 10 heteroatoms. The van der Waals surface area contributed by atoms with Crippen LogP contribution in [0, 0.1) is 5.41 Å².